The molecule has 1 atom stereocenters. The Morgan fingerprint density at radius 1 is 1.23 bits per heavy atom. The summed E-state index contributed by atoms with van der Waals surface area (Å²) in [5.74, 6) is -1.64. The van der Waals surface area contributed by atoms with E-state index in [0.717, 1.165) is 0 Å². The van der Waals surface area contributed by atoms with E-state index in [0.29, 0.717) is 44.8 Å². The number of ether oxygens (including phenoxy) is 2. The molecule has 0 aromatic heterocycles. The van der Waals surface area contributed by atoms with Crippen molar-refractivity contribution in [1.82, 2.24) is 4.90 Å². The Bertz CT molecular complexity index is 728. The van der Waals surface area contributed by atoms with Crippen LogP contribution < -0.4 is 4.90 Å². The summed E-state index contributed by atoms with van der Waals surface area (Å²) in [5, 5.41) is -0.0389. The number of piperidine rings is 1. The normalized spacial score (nSPS) is 25.3. The molecule has 3 aliphatic heterocycles. The Morgan fingerprint density at radius 2 is 1.92 bits per heavy atom. The lowest BCUT2D eigenvalue weighted by Crippen LogP contribution is -2.49. The Labute approximate surface area is 155 Å². The third-order valence-corrected chi connectivity index (χ3v) is 5.63. The van der Waals surface area contributed by atoms with E-state index >= 15 is 0 Å². The molecule has 0 bridgehead atoms. The van der Waals surface area contributed by atoms with Crippen LogP contribution in [0, 0.1) is 11.7 Å². The number of nitrogens with zero attached hydrogens (tertiary/aromatic N) is 2. The topological polar surface area (TPSA) is 59.1 Å². The van der Waals surface area contributed by atoms with Crippen LogP contribution in [0.4, 0.5) is 10.1 Å². The zero-order valence-corrected chi connectivity index (χ0v) is 15.0. The van der Waals surface area contributed by atoms with Crippen LogP contribution in [0.15, 0.2) is 18.2 Å². The lowest BCUT2D eigenvalue weighted by Gasteiger charge is -2.38. The second-order valence-electron chi connectivity index (χ2n) is 6.94. The van der Waals surface area contributed by atoms with Crippen LogP contribution in [0.2, 0.25) is 5.02 Å². The van der Waals surface area contributed by atoms with Gasteiger partial charge in [0.15, 0.2) is 5.79 Å². The number of anilines is 1. The first-order chi connectivity index (χ1) is 12.5. The minimum Gasteiger partial charge on any atom is -0.347 e. The first-order valence-electron chi connectivity index (χ1n) is 8.80. The van der Waals surface area contributed by atoms with Gasteiger partial charge in [-0.3, -0.25) is 9.59 Å². The number of halogens is 2. The molecule has 6 nitrogen and oxygen atoms in total. The summed E-state index contributed by atoms with van der Waals surface area (Å²) in [6.45, 7) is 2.60. The minimum atomic E-state index is -0.534. The molecule has 140 valence electrons. The largest absolute Gasteiger partial charge is 0.347 e. The van der Waals surface area contributed by atoms with Gasteiger partial charge in [0.25, 0.3) is 0 Å². The summed E-state index contributed by atoms with van der Waals surface area (Å²) in [5.41, 5.74) is 0.516. The van der Waals surface area contributed by atoms with Crippen molar-refractivity contribution in [3.63, 3.8) is 0 Å². The summed E-state index contributed by atoms with van der Waals surface area (Å²) < 4.78 is 24.7. The molecule has 1 aromatic carbocycles. The number of carbonyl (C=O) groups excluding carboxylic acids is 2. The van der Waals surface area contributed by atoms with E-state index in [1.54, 1.807) is 4.90 Å². The number of rotatable bonds is 2. The maximum atomic E-state index is 13.3. The molecule has 3 heterocycles. The van der Waals surface area contributed by atoms with Crippen LogP contribution in [-0.4, -0.2) is 55.3 Å². The Kier molecular flexibility index (Phi) is 4.62. The Hall–Kier alpha value is -1.70. The number of likely N-dealkylation sites (tertiary alicyclic amines) is 1. The number of amides is 2. The molecule has 26 heavy (non-hydrogen) atoms. The molecule has 1 spiro atoms. The van der Waals surface area contributed by atoms with Crippen molar-refractivity contribution in [2.24, 2.45) is 5.92 Å². The van der Waals surface area contributed by atoms with Crippen LogP contribution >= 0.6 is 11.6 Å². The highest BCUT2D eigenvalue weighted by atomic mass is 35.5. The predicted octanol–water partition coefficient (Wildman–Crippen LogP) is 2.20. The minimum absolute atomic E-state index is 0.0260. The van der Waals surface area contributed by atoms with Gasteiger partial charge in [-0.25, -0.2) is 4.39 Å². The highest BCUT2D eigenvalue weighted by Crippen LogP contribution is 2.33. The van der Waals surface area contributed by atoms with Crippen LogP contribution in [-0.2, 0) is 19.1 Å². The molecule has 0 N–H and O–H groups in total. The first kappa shape index (κ1) is 17.7. The summed E-state index contributed by atoms with van der Waals surface area (Å²) in [4.78, 5) is 28.5. The van der Waals surface area contributed by atoms with Crippen molar-refractivity contribution >= 4 is 29.1 Å². The van der Waals surface area contributed by atoms with Gasteiger partial charge in [0, 0.05) is 44.6 Å². The molecule has 8 heteroatoms. The Balaban J connectivity index is 1.40. The molecule has 0 unspecified atom stereocenters. The number of benzene rings is 1. The lowest BCUT2D eigenvalue weighted by atomic mass is 10.0. The van der Waals surface area contributed by atoms with E-state index in [2.05, 4.69) is 0 Å². The molecule has 3 fully saturated rings. The van der Waals surface area contributed by atoms with Gasteiger partial charge in [-0.1, -0.05) is 11.6 Å². The van der Waals surface area contributed by atoms with Crippen LogP contribution in [0.5, 0.6) is 0 Å². The zero-order chi connectivity index (χ0) is 18.3. The molecule has 2 amide bonds. The fourth-order valence-corrected chi connectivity index (χ4v) is 4.06. The Morgan fingerprint density at radius 3 is 2.58 bits per heavy atom. The van der Waals surface area contributed by atoms with Crippen molar-refractivity contribution in [3.05, 3.63) is 29.0 Å². The monoisotopic (exact) mass is 382 g/mol. The quantitative estimate of drug-likeness (QED) is 0.786. The average Bonchev–Trinajstić information content (AvgIpc) is 3.25. The highest BCUT2D eigenvalue weighted by Gasteiger charge is 2.43. The average molecular weight is 383 g/mol. The van der Waals surface area contributed by atoms with E-state index in [1.807, 2.05) is 0 Å². The summed E-state index contributed by atoms with van der Waals surface area (Å²) in [6.07, 6.45) is 1.45. The fraction of sp³-hybridized carbons (Fsp3) is 0.556. The molecule has 4 rings (SSSR count). The third kappa shape index (κ3) is 3.19. The fourth-order valence-electron chi connectivity index (χ4n) is 3.89. The molecular formula is C18H20ClFN2O4. The van der Waals surface area contributed by atoms with Gasteiger partial charge in [-0.15, -0.1) is 0 Å². The smallest absolute Gasteiger partial charge is 0.228 e. The van der Waals surface area contributed by atoms with Gasteiger partial charge >= 0.3 is 0 Å². The van der Waals surface area contributed by atoms with Crippen molar-refractivity contribution in [2.75, 3.05) is 37.7 Å². The van der Waals surface area contributed by atoms with E-state index in [-0.39, 0.29) is 29.8 Å². The second-order valence-corrected chi connectivity index (χ2v) is 7.34. The maximum Gasteiger partial charge on any atom is 0.228 e. The van der Waals surface area contributed by atoms with Crippen LogP contribution in [0.25, 0.3) is 0 Å². The van der Waals surface area contributed by atoms with E-state index in [4.69, 9.17) is 21.1 Å². The van der Waals surface area contributed by atoms with Crippen LogP contribution in [0.1, 0.15) is 19.3 Å². The molecule has 3 saturated heterocycles. The predicted molar refractivity (Wildman–Crippen MR) is 92.3 cm³/mol. The van der Waals surface area contributed by atoms with Gasteiger partial charge in [-0.05, 0) is 18.2 Å². The highest BCUT2D eigenvalue weighted by molar-refractivity contribution is 6.31. The number of hydrogen-bond acceptors (Lipinski definition) is 4. The molecule has 0 aliphatic carbocycles. The molecular weight excluding hydrogens is 363 g/mol. The van der Waals surface area contributed by atoms with Gasteiger partial charge in [0.2, 0.25) is 11.8 Å². The van der Waals surface area contributed by atoms with Crippen molar-refractivity contribution in [1.29, 1.82) is 0 Å². The van der Waals surface area contributed by atoms with E-state index in [9.17, 15) is 14.0 Å². The number of hydrogen-bond donors (Lipinski definition) is 0. The SMILES string of the molecule is O=C([C@@H]1CC(=O)N(c2ccc(F)c(Cl)c2)C1)N1CCC2(CC1)OCCO2. The van der Waals surface area contributed by atoms with Gasteiger partial charge in [0.05, 0.1) is 24.2 Å². The van der Waals surface area contributed by atoms with Crippen molar-refractivity contribution in [3.8, 4) is 0 Å². The maximum absolute atomic E-state index is 13.3. The molecule has 1 aromatic rings. The van der Waals surface area contributed by atoms with Crippen molar-refractivity contribution < 1.29 is 23.5 Å². The molecule has 0 radical (unpaired) electrons. The van der Waals surface area contributed by atoms with Gasteiger partial charge in [-0.2, -0.15) is 0 Å². The summed E-state index contributed by atoms with van der Waals surface area (Å²) in [6, 6.07) is 4.15. The zero-order valence-electron chi connectivity index (χ0n) is 14.2. The summed E-state index contributed by atoms with van der Waals surface area (Å²) in [7, 11) is 0. The van der Waals surface area contributed by atoms with E-state index in [1.165, 1.54) is 23.1 Å². The van der Waals surface area contributed by atoms with E-state index < -0.39 is 17.5 Å². The summed E-state index contributed by atoms with van der Waals surface area (Å²) >= 11 is 5.81. The standard InChI is InChI=1S/C18H20ClFN2O4/c19-14-10-13(1-2-15(14)20)22-11-12(9-16(22)23)17(24)21-5-3-18(4-6-21)25-7-8-26-18/h1-2,10,12H,3-9,11H2/t12-/m1/s1. The number of carbonyl (C=O) groups is 2. The third-order valence-electron chi connectivity index (χ3n) is 5.34. The van der Waals surface area contributed by atoms with Crippen molar-refractivity contribution in [2.45, 2.75) is 25.0 Å². The van der Waals surface area contributed by atoms with Crippen LogP contribution in [0.3, 0.4) is 0 Å². The molecule has 3 aliphatic rings. The molecule has 0 saturated carbocycles. The van der Waals surface area contributed by atoms with Gasteiger partial charge < -0.3 is 19.3 Å². The van der Waals surface area contributed by atoms with Gasteiger partial charge in [0.1, 0.15) is 5.82 Å². The lowest BCUT2D eigenvalue weighted by molar-refractivity contribution is -0.188. The second kappa shape index (κ2) is 6.79. The first-order valence-corrected chi connectivity index (χ1v) is 9.17.